The number of aromatic amines is 1. The van der Waals surface area contributed by atoms with Crippen molar-refractivity contribution in [3.8, 4) is 22.8 Å². The second-order valence-corrected chi connectivity index (χ2v) is 6.49. The predicted octanol–water partition coefficient (Wildman–Crippen LogP) is 3.13. The van der Waals surface area contributed by atoms with E-state index < -0.39 is 0 Å². The number of piperazine rings is 1. The van der Waals surface area contributed by atoms with Gasteiger partial charge in [-0.15, -0.1) is 0 Å². The zero-order valence-electron chi connectivity index (χ0n) is 14.8. The van der Waals surface area contributed by atoms with Crippen LogP contribution in [0.5, 0.6) is 0 Å². The fraction of sp³-hybridized carbons (Fsp3) is 0.238. The molecule has 1 aromatic carbocycles. The smallest absolute Gasteiger partial charge is 0.184 e. The van der Waals surface area contributed by atoms with E-state index in [-0.39, 0.29) is 7.43 Å². The summed E-state index contributed by atoms with van der Waals surface area (Å²) in [4.78, 5) is 24.2. The summed E-state index contributed by atoms with van der Waals surface area (Å²) in [6.07, 6.45) is 3.51. The van der Waals surface area contributed by atoms with Gasteiger partial charge in [0.25, 0.3) is 0 Å². The van der Waals surface area contributed by atoms with Gasteiger partial charge in [-0.25, -0.2) is 15.0 Å². The number of aromatic nitrogens is 5. The van der Waals surface area contributed by atoms with Crippen molar-refractivity contribution in [1.29, 1.82) is 0 Å². The summed E-state index contributed by atoms with van der Waals surface area (Å²) in [5.74, 6) is 2.38. The third-order valence-electron chi connectivity index (χ3n) is 4.73. The van der Waals surface area contributed by atoms with Crippen LogP contribution < -0.4 is 10.2 Å². The number of imidazole rings is 1. The van der Waals surface area contributed by atoms with Crippen molar-refractivity contribution < 1.29 is 0 Å². The van der Waals surface area contributed by atoms with E-state index in [0.717, 1.165) is 54.5 Å². The Kier molecular flexibility index (Phi) is 4.99. The number of fused-ring (bicyclic) bond motifs is 1. The van der Waals surface area contributed by atoms with Crippen molar-refractivity contribution in [3.05, 3.63) is 54.9 Å². The lowest BCUT2D eigenvalue weighted by Gasteiger charge is -2.28. The Bertz CT molecular complexity index is 1050. The number of H-pyrrole nitrogens is 1. The Balaban J connectivity index is 0.00000192. The average Bonchev–Trinajstić information content (AvgIpc) is 3.19. The number of nitrogens with one attached hydrogen (secondary N) is 2. The van der Waals surface area contributed by atoms with Crippen LogP contribution in [0.25, 0.3) is 33.9 Å². The highest BCUT2D eigenvalue weighted by atomic mass is 15.3. The Morgan fingerprint density at radius 3 is 2.32 bits per heavy atom. The Morgan fingerprint density at radius 1 is 0.821 bits per heavy atom. The van der Waals surface area contributed by atoms with Crippen molar-refractivity contribution in [2.75, 3.05) is 31.1 Å². The van der Waals surface area contributed by atoms with E-state index in [0.29, 0.717) is 11.5 Å². The van der Waals surface area contributed by atoms with Gasteiger partial charge in [0.15, 0.2) is 17.3 Å². The van der Waals surface area contributed by atoms with Crippen LogP contribution in [0.15, 0.2) is 54.9 Å². The van der Waals surface area contributed by atoms with Crippen LogP contribution >= 0.6 is 0 Å². The maximum atomic E-state index is 4.89. The molecule has 7 heteroatoms. The van der Waals surface area contributed by atoms with Gasteiger partial charge in [-0.3, -0.25) is 4.98 Å². The highest BCUT2D eigenvalue weighted by Crippen LogP contribution is 2.28. The lowest BCUT2D eigenvalue weighted by molar-refractivity contribution is 0.586. The molecule has 0 unspecified atom stereocenters. The van der Waals surface area contributed by atoms with Crippen LogP contribution in [0.1, 0.15) is 7.43 Å². The first-order valence-electron chi connectivity index (χ1n) is 9.08. The molecule has 0 amide bonds. The van der Waals surface area contributed by atoms with Gasteiger partial charge in [0, 0.05) is 49.7 Å². The first-order valence-corrected chi connectivity index (χ1v) is 9.08. The molecule has 0 radical (unpaired) electrons. The molecule has 2 N–H and O–H groups in total. The van der Waals surface area contributed by atoms with E-state index in [1.807, 2.05) is 42.5 Å². The van der Waals surface area contributed by atoms with Crippen LogP contribution in [0.4, 0.5) is 5.82 Å². The number of hydrogen-bond acceptors (Lipinski definition) is 6. The van der Waals surface area contributed by atoms with Crippen LogP contribution in [0.3, 0.4) is 0 Å². The fourth-order valence-electron chi connectivity index (χ4n) is 3.35. The first-order chi connectivity index (χ1) is 13.4. The van der Waals surface area contributed by atoms with Crippen LogP contribution in [0.2, 0.25) is 0 Å². The molecule has 0 bridgehead atoms. The van der Waals surface area contributed by atoms with Crippen LogP contribution in [-0.2, 0) is 0 Å². The molecule has 4 aromatic rings. The van der Waals surface area contributed by atoms with E-state index in [1.54, 1.807) is 12.4 Å². The van der Waals surface area contributed by atoms with Gasteiger partial charge in [0.05, 0.1) is 0 Å². The van der Waals surface area contributed by atoms with Gasteiger partial charge in [-0.05, 0) is 12.1 Å². The number of hydrogen-bond donors (Lipinski definition) is 2. The third kappa shape index (κ3) is 3.32. The van der Waals surface area contributed by atoms with Crippen LogP contribution in [0, 0.1) is 0 Å². The normalized spacial score (nSPS) is 14.1. The van der Waals surface area contributed by atoms with E-state index in [4.69, 9.17) is 15.0 Å². The van der Waals surface area contributed by atoms with Gasteiger partial charge in [0.2, 0.25) is 0 Å². The summed E-state index contributed by atoms with van der Waals surface area (Å²) >= 11 is 0. The lowest BCUT2D eigenvalue weighted by Crippen LogP contribution is -2.44. The highest BCUT2D eigenvalue weighted by Gasteiger charge is 2.20. The summed E-state index contributed by atoms with van der Waals surface area (Å²) in [6.45, 7) is 3.69. The summed E-state index contributed by atoms with van der Waals surface area (Å²) in [6, 6.07) is 13.9. The minimum absolute atomic E-state index is 0. The average molecular weight is 373 g/mol. The SMILES string of the molecule is C.c1ccc(-c2nc3nc(-c4ccncc4)nc(N4CCNCC4)c3[nH]2)cc1. The summed E-state index contributed by atoms with van der Waals surface area (Å²) < 4.78 is 0. The lowest BCUT2D eigenvalue weighted by atomic mass is 10.2. The molecular weight excluding hydrogens is 350 g/mol. The zero-order chi connectivity index (χ0) is 18.1. The van der Waals surface area contributed by atoms with Crippen LogP contribution in [-0.4, -0.2) is 51.1 Å². The molecule has 7 nitrogen and oxygen atoms in total. The third-order valence-corrected chi connectivity index (χ3v) is 4.73. The van der Waals surface area contributed by atoms with Gasteiger partial charge in [-0.2, -0.15) is 0 Å². The topological polar surface area (TPSA) is 82.6 Å². The van der Waals surface area contributed by atoms with Gasteiger partial charge in [-0.1, -0.05) is 37.8 Å². The second-order valence-electron chi connectivity index (χ2n) is 6.49. The molecule has 0 aliphatic carbocycles. The monoisotopic (exact) mass is 373 g/mol. The summed E-state index contributed by atoms with van der Waals surface area (Å²) in [7, 11) is 0. The summed E-state index contributed by atoms with van der Waals surface area (Å²) in [5.41, 5.74) is 3.54. The van der Waals surface area contributed by atoms with Gasteiger partial charge in [0.1, 0.15) is 11.3 Å². The molecule has 5 rings (SSSR count). The number of nitrogens with zero attached hydrogens (tertiary/aromatic N) is 5. The molecule has 0 spiro atoms. The highest BCUT2D eigenvalue weighted by molar-refractivity contribution is 5.88. The van der Waals surface area contributed by atoms with Crippen molar-refractivity contribution in [1.82, 2.24) is 30.2 Å². The molecule has 1 fully saturated rings. The Hall–Kier alpha value is -3.32. The molecule has 142 valence electrons. The minimum atomic E-state index is 0. The molecule has 1 aliphatic rings. The van der Waals surface area contributed by atoms with Crippen molar-refractivity contribution >= 4 is 17.0 Å². The molecule has 3 aromatic heterocycles. The molecule has 0 atom stereocenters. The van der Waals surface area contributed by atoms with Crippen molar-refractivity contribution in [2.45, 2.75) is 7.43 Å². The molecule has 28 heavy (non-hydrogen) atoms. The zero-order valence-corrected chi connectivity index (χ0v) is 14.8. The second kappa shape index (κ2) is 7.74. The number of pyridine rings is 1. The molecule has 1 aliphatic heterocycles. The predicted molar refractivity (Wildman–Crippen MR) is 112 cm³/mol. The number of benzene rings is 1. The first kappa shape index (κ1) is 18.1. The maximum Gasteiger partial charge on any atom is 0.184 e. The molecular formula is C21H23N7. The van der Waals surface area contributed by atoms with Crippen molar-refractivity contribution in [3.63, 3.8) is 0 Å². The van der Waals surface area contributed by atoms with Gasteiger partial charge >= 0.3 is 0 Å². The number of anilines is 1. The minimum Gasteiger partial charge on any atom is -0.352 e. The van der Waals surface area contributed by atoms with E-state index >= 15 is 0 Å². The summed E-state index contributed by atoms with van der Waals surface area (Å²) in [5, 5.41) is 3.39. The Labute approximate surface area is 163 Å². The van der Waals surface area contributed by atoms with E-state index in [2.05, 4.69) is 20.2 Å². The van der Waals surface area contributed by atoms with Crippen molar-refractivity contribution in [2.24, 2.45) is 0 Å². The molecule has 1 saturated heterocycles. The largest absolute Gasteiger partial charge is 0.352 e. The fourth-order valence-corrected chi connectivity index (χ4v) is 3.35. The van der Waals surface area contributed by atoms with Gasteiger partial charge < -0.3 is 15.2 Å². The quantitative estimate of drug-likeness (QED) is 0.574. The molecule has 4 heterocycles. The van der Waals surface area contributed by atoms with E-state index in [9.17, 15) is 0 Å². The standard InChI is InChI=1S/C20H19N7.CH4/c1-2-4-14(5-3-1)17-23-16-19(24-17)25-18(15-6-8-21-9-7-15)26-20(16)27-12-10-22-11-13-27;/h1-9,22H,10-13H2,(H,23,24,25,26);1H4. The molecule has 0 saturated carbocycles. The maximum absolute atomic E-state index is 4.89. The number of rotatable bonds is 3. The Morgan fingerprint density at radius 2 is 1.57 bits per heavy atom. The van der Waals surface area contributed by atoms with E-state index in [1.165, 1.54) is 0 Å².